The van der Waals surface area contributed by atoms with E-state index in [0.29, 0.717) is 31.3 Å². The number of aliphatic imine (C=N–C) groups is 1. The van der Waals surface area contributed by atoms with Gasteiger partial charge in [0.2, 0.25) is 5.91 Å². The van der Waals surface area contributed by atoms with Crippen LogP contribution in [-0.4, -0.2) is 29.9 Å². The molecule has 0 spiro atoms. The summed E-state index contributed by atoms with van der Waals surface area (Å²) in [5.41, 5.74) is 1.06. The summed E-state index contributed by atoms with van der Waals surface area (Å²) in [6.45, 7) is 5.88. The Morgan fingerprint density at radius 3 is 2.76 bits per heavy atom. The number of rotatable bonds is 7. The molecule has 0 atom stereocenters. The monoisotopic (exact) mass is 473 g/mol. The number of amides is 1. The van der Waals surface area contributed by atoms with E-state index in [1.165, 1.54) is 4.88 Å². The number of thiophene rings is 1. The number of aryl methyl sites for hydroxylation is 1. The summed E-state index contributed by atoms with van der Waals surface area (Å²) in [6.07, 6.45) is 2.08. The predicted molar refractivity (Wildman–Crippen MR) is 115 cm³/mol. The molecule has 1 amide bonds. The molecule has 2 aromatic rings. The Morgan fingerprint density at radius 1 is 1.28 bits per heavy atom. The molecule has 8 heteroatoms. The van der Waals surface area contributed by atoms with Gasteiger partial charge in [-0.1, -0.05) is 12.1 Å². The van der Waals surface area contributed by atoms with Gasteiger partial charge in [0.05, 0.1) is 6.54 Å². The van der Waals surface area contributed by atoms with Gasteiger partial charge in [-0.05, 0) is 36.9 Å². The van der Waals surface area contributed by atoms with Gasteiger partial charge in [0.25, 0.3) is 0 Å². The average molecular weight is 473 g/mol. The zero-order valence-electron chi connectivity index (χ0n) is 14.4. The fourth-order valence-corrected chi connectivity index (χ4v) is 2.57. The molecule has 0 saturated carbocycles. The summed E-state index contributed by atoms with van der Waals surface area (Å²) in [4.78, 5) is 21.8. The lowest BCUT2D eigenvalue weighted by Crippen LogP contribution is -2.38. The van der Waals surface area contributed by atoms with Crippen LogP contribution in [0.2, 0.25) is 0 Å². The van der Waals surface area contributed by atoms with Crippen LogP contribution in [0.4, 0.5) is 5.82 Å². The maximum atomic E-state index is 11.9. The molecule has 6 nitrogen and oxygen atoms in total. The van der Waals surface area contributed by atoms with Crippen LogP contribution in [0.5, 0.6) is 0 Å². The third kappa shape index (κ3) is 8.30. The topological polar surface area (TPSA) is 78.4 Å². The Balaban J connectivity index is 0.00000312. The molecule has 136 valence electrons. The Labute approximate surface area is 169 Å². The second-order valence-electron chi connectivity index (χ2n) is 5.22. The number of nitrogens with zero attached hydrogens (tertiary/aromatic N) is 2. The number of nitrogens with one attached hydrogen (secondary N) is 3. The maximum absolute atomic E-state index is 11.9. The summed E-state index contributed by atoms with van der Waals surface area (Å²) in [6, 6.07) is 7.79. The lowest BCUT2D eigenvalue weighted by atomic mass is 10.3. The number of guanidine groups is 1. The van der Waals surface area contributed by atoms with Crippen LogP contribution in [0, 0.1) is 6.92 Å². The van der Waals surface area contributed by atoms with Gasteiger partial charge in [0, 0.05) is 30.6 Å². The quantitative estimate of drug-likeness (QED) is 0.328. The Bertz CT molecular complexity index is 658. The number of hydrogen-bond donors (Lipinski definition) is 3. The van der Waals surface area contributed by atoms with Crippen LogP contribution in [-0.2, 0) is 11.3 Å². The SMILES string of the molecule is CCNC(=NCc1cccs1)NCCC(=O)Nc1ccc(C)cn1.I. The molecule has 0 unspecified atom stereocenters. The van der Waals surface area contributed by atoms with Gasteiger partial charge in [0.1, 0.15) is 5.82 Å². The van der Waals surface area contributed by atoms with E-state index in [0.717, 1.165) is 12.1 Å². The van der Waals surface area contributed by atoms with Crippen molar-refractivity contribution in [3.8, 4) is 0 Å². The van der Waals surface area contributed by atoms with Crippen molar-refractivity contribution >= 4 is 53.0 Å². The smallest absolute Gasteiger partial charge is 0.227 e. The van der Waals surface area contributed by atoms with Crippen molar-refractivity contribution in [2.24, 2.45) is 4.99 Å². The summed E-state index contributed by atoms with van der Waals surface area (Å²) in [5.74, 6) is 1.21. The number of carbonyl (C=O) groups excluding carboxylic acids is 1. The highest BCUT2D eigenvalue weighted by Crippen LogP contribution is 2.09. The molecule has 0 aliphatic rings. The first-order chi connectivity index (χ1) is 11.7. The molecule has 2 aromatic heterocycles. The number of aromatic nitrogens is 1. The minimum Gasteiger partial charge on any atom is -0.357 e. The predicted octanol–water partition coefficient (Wildman–Crippen LogP) is 3.15. The summed E-state index contributed by atoms with van der Waals surface area (Å²) >= 11 is 1.68. The lowest BCUT2D eigenvalue weighted by molar-refractivity contribution is -0.116. The molecule has 0 saturated heterocycles. The lowest BCUT2D eigenvalue weighted by Gasteiger charge is -2.11. The third-order valence-corrected chi connectivity index (χ3v) is 4.00. The van der Waals surface area contributed by atoms with Gasteiger partial charge in [-0.15, -0.1) is 35.3 Å². The van der Waals surface area contributed by atoms with Crippen LogP contribution < -0.4 is 16.0 Å². The normalized spacial score (nSPS) is 10.7. The highest BCUT2D eigenvalue weighted by atomic mass is 127. The van der Waals surface area contributed by atoms with Crippen LogP contribution >= 0.6 is 35.3 Å². The molecular formula is C17H24IN5OS. The van der Waals surface area contributed by atoms with E-state index < -0.39 is 0 Å². The number of pyridine rings is 1. The van der Waals surface area contributed by atoms with Crippen molar-refractivity contribution in [2.45, 2.75) is 26.8 Å². The van der Waals surface area contributed by atoms with Gasteiger partial charge < -0.3 is 16.0 Å². The van der Waals surface area contributed by atoms with E-state index in [4.69, 9.17) is 0 Å². The Morgan fingerprint density at radius 2 is 2.12 bits per heavy atom. The largest absolute Gasteiger partial charge is 0.357 e. The molecular weight excluding hydrogens is 449 g/mol. The third-order valence-electron chi connectivity index (χ3n) is 3.14. The molecule has 3 N–H and O–H groups in total. The van der Waals surface area contributed by atoms with Gasteiger partial charge in [0.15, 0.2) is 5.96 Å². The first kappa shape index (κ1) is 21.4. The molecule has 25 heavy (non-hydrogen) atoms. The van der Waals surface area contributed by atoms with Crippen LogP contribution in [0.15, 0.2) is 40.8 Å². The molecule has 0 aromatic carbocycles. The van der Waals surface area contributed by atoms with Crippen LogP contribution in [0.3, 0.4) is 0 Å². The minimum atomic E-state index is -0.0760. The molecule has 0 bridgehead atoms. The van der Waals surface area contributed by atoms with E-state index in [9.17, 15) is 4.79 Å². The summed E-state index contributed by atoms with van der Waals surface area (Å²) in [7, 11) is 0. The van der Waals surface area contributed by atoms with Gasteiger partial charge in [-0.3, -0.25) is 4.79 Å². The number of anilines is 1. The van der Waals surface area contributed by atoms with Crippen molar-refractivity contribution in [1.82, 2.24) is 15.6 Å². The first-order valence-corrected chi connectivity index (χ1v) is 8.82. The molecule has 0 aliphatic carbocycles. The van der Waals surface area contributed by atoms with E-state index in [-0.39, 0.29) is 29.9 Å². The van der Waals surface area contributed by atoms with Crippen molar-refractivity contribution < 1.29 is 4.79 Å². The van der Waals surface area contributed by atoms with E-state index >= 15 is 0 Å². The van der Waals surface area contributed by atoms with Crippen molar-refractivity contribution in [2.75, 3.05) is 18.4 Å². The fourth-order valence-electron chi connectivity index (χ4n) is 1.94. The number of hydrogen-bond acceptors (Lipinski definition) is 4. The van der Waals surface area contributed by atoms with E-state index in [1.54, 1.807) is 23.6 Å². The van der Waals surface area contributed by atoms with Gasteiger partial charge >= 0.3 is 0 Å². The highest BCUT2D eigenvalue weighted by Gasteiger charge is 2.04. The fraction of sp³-hybridized carbons (Fsp3) is 0.353. The summed E-state index contributed by atoms with van der Waals surface area (Å²) < 4.78 is 0. The molecule has 0 fully saturated rings. The molecule has 0 radical (unpaired) electrons. The minimum absolute atomic E-state index is 0. The first-order valence-electron chi connectivity index (χ1n) is 7.94. The Kier molecular flexibility index (Phi) is 10.1. The van der Waals surface area contributed by atoms with Crippen LogP contribution in [0.1, 0.15) is 23.8 Å². The van der Waals surface area contributed by atoms with Crippen LogP contribution in [0.25, 0.3) is 0 Å². The molecule has 0 aliphatic heterocycles. The Hall–Kier alpha value is -1.68. The van der Waals surface area contributed by atoms with E-state index in [2.05, 4.69) is 32.0 Å². The van der Waals surface area contributed by atoms with Gasteiger partial charge in [-0.2, -0.15) is 0 Å². The standard InChI is InChI=1S/C17H23N5OS.HI/c1-3-18-17(21-12-14-5-4-10-24-14)19-9-8-16(23)22-15-7-6-13(2)11-20-15;/h4-7,10-11H,3,8-9,12H2,1-2H3,(H2,18,19,21)(H,20,22,23);1H. The van der Waals surface area contributed by atoms with Gasteiger partial charge in [-0.25, -0.2) is 9.98 Å². The maximum Gasteiger partial charge on any atom is 0.227 e. The van der Waals surface area contributed by atoms with Crippen molar-refractivity contribution in [3.05, 3.63) is 46.3 Å². The number of carbonyl (C=O) groups is 1. The van der Waals surface area contributed by atoms with E-state index in [1.807, 2.05) is 31.4 Å². The highest BCUT2D eigenvalue weighted by molar-refractivity contribution is 14.0. The molecule has 2 rings (SSSR count). The zero-order chi connectivity index (χ0) is 17.2. The second-order valence-corrected chi connectivity index (χ2v) is 6.25. The van der Waals surface area contributed by atoms with Crippen molar-refractivity contribution in [1.29, 1.82) is 0 Å². The number of halogens is 1. The molecule has 2 heterocycles. The average Bonchev–Trinajstić information content (AvgIpc) is 3.08. The van der Waals surface area contributed by atoms with Crippen molar-refractivity contribution in [3.63, 3.8) is 0 Å². The zero-order valence-corrected chi connectivity index (χ0v) is 17.6. The second kappa shape index (κ2) is 11.8. The summed E-state index contributed by atoms with van der Waals surface area (Å²) in [5, 5.41) is 11.2.